The summed E-state index contributed by atoms with van der Waals surface area (Å²) in [6.07, 6.45) is 4.28. The molecule has 0 spiro atoms. The van der Waals surface area contributed by atoms with Crippen molar-refractivity contribution in [1.29, 1.82) is 0 Å². The summed E-state index contributed by atoms with van der Waals surface area (Å²) < 4.78 is 13.1. The molecule has 6 heteroatoms. The van der Waals surface area contributed by atoms with E-state index < -0.39 is 0 Å². The third-order valence-corrected chi connectivity index (χ3v) is 5.57. The first-order valence-corrected chi connectivity index (χ1v) is 9.72. The van der Waals surface area contributed by atoms with Gasteiger partial charge in [-0.2, -0.15) is 0 Å². The van der Waals surface area contributed by atoms with Crippen LogP contribution >= 0.6 is 11.3 Å². The number of halogens is 1. The van der Waals surface area contributed by atoms with Crippen molar-refractivity contribution in [3.8, 4) is 0 Å². The molecule has 1 N–H and O–H groups in total. The molecular formula is C20H23FN2O2S. The van der Waals surface area contributed by atoms with E-state index in [1.54, 1.807) is 18.2 Å². The predicted molar refractivity (Wildman–Crippen MR) is 101 cm³/mol. The zero-order valence-electron chi connectivity index (χ0n) is 14.8. The summed E-state index contributed by atoms with van der Waals surface area (Å²) in [7, 11) is 0. The van der Waals surface area contributed by atoms with E-state index in [1.165, 1.54) is 28.4 Å². The van der Waals surface area contributed by atoms with Crippen molar-refractivity contribution in [3.05, 3.63) is 57.5 Å². The van der Waals surface area contributed by atoms with Crippen molar-refractivity contribution >= 4 is 23.2 Å². The van der Waals surface area contributed by atoms with Crippen LogP contribution in [0.2, 0.25) is 0 Å². The summed E-state index contributed by atoms with van der Waals surface area (Å²) in [6.45, 7) is 2.22. The van der Waals surface area contributed by atoms with Crippen LogP contribution in [0.5, 0.6) is 0 Å². The molecule has 2 aromatic rings. The monoisotopic (exact) mass is 374 g/mol. The largest absolute Gasteiger partial charge is 0.352 e. The second kappa shape index (κ2) is 8.45. The number of carbonyl (C=O) groups excluding carboxylic acids is 2. The Kier molecular flexibility index (Phi) is 6.04. The highest BCUT2D eigenvalue weighted by molar-refractivity contribution is 7.13. The number of benzene rings is 1. The Morgan fingerprint density at radius 3 is 2.46 bits per heavy atom. The number of amides is 2. The maximum Gasteiger partial charge on any atom is 0.264 e. The molecule has 1 heterocycles. The van der Waals surface area contributed by atoms with Gasteiger partial charge in [0.1, 0.15) is 12.4 Å². The second-order valence-corrected chi connectivity index (χ2v) is 8.03. The Balaban J connectivity index is 1.72. The molecule has 2 amide bonds. The average molecular weight is 374 g/mol. The minimum atomic E-state index is -0.320. The van der Waals surface area contributed by atoms with Crippen LogP contribution in [0, 0.1) is 12.7 Å². The molecule has 1 aliphatic carbocycles. The molecule has 4 nitrogen and oxygen atoms in total. The number of thiophene rings is 1. The molecule has 3 rings (SSSR count). The van der Waals surface area contributed by atoms with Crippen molar-refractivity contribution in [3.63, 3.8) is 0 Å². The summed E-state index contributed by atoms with van der Waals surface area (Å²) in [5.74, 6) is -0.630. The quantitative estimate of drug-likeness (QED) is 0.834. The van der Waals surface area contributed by atoms with Gasteiger partial charge in [-0.05, 0) is 49.6 Å². The van der Waals surface area contributed by atoms with E-state index in [9.17, 15) is 14.0 Å². The first-order valence-electron chi connectivity index (χ1n) is 8.91. The summed E-state index contributed by atoms with van der Waals surface area (Å²) in [6, 6.07) is 9.92. The molecule has 138 valence electrons. The van der Waals surface area contributed by atoms with Crippen LogP contribution < -0.4 is 5.32 Å². The van der Waals surface area contributed by atoms with E-state index in [1.807, 2.05) is 13.0 Å². The fraction of sp³-hybridized carbons (Fsp3) is 0.400. The molecule has 1 aliphatic rings. The number of hydrogen-bond donors (Lipinski definition) is 1. The van der Waals surface area contributed by atoms with Gasteiger partial charge in [0.2, 0.25) is 5.91 Å². The van der Waals surface area contributed by atoms with Crippen LogP contribution in [-0.4, -0.2) is 29.3 Å². The maximum absolute atomic E-state index is 13.1. The third kappa shape index (κ3) is 4.91. The fourth-order valence-corrected chi connectivity index (χ4v) is 4.07. The number of aryl methyl sites for hydroxylation is 1. The molecule has 26 heavy (non-hydrogen) atoms. The fourth-order valence-electron chi connectivity index (χ4n) is 3.23. The van der Waals surface area contributed by atoms with Crippen molar-refractivity contribution in [1.82, 2.24) is 10.2 Å². The predicted octanol–water partition coefficient (Wildman–Crippen LogP) is 3.90. The van der Waals surface area contributed by atoms with Crippen molar-refractivity contribution < 1.29 is 14.0 Å². The smallest absolute Gasteiger partial charge is 0.264 e. The van der Waals surface area contributed by atoms with Gasteiger partial charge < -0.3 is 10.2 Å². The molecule has 1 aromatic heterocycles. The van der Waals surface area contributed by atoms with E-state index in [4.69, 9.17) is 0 Å². The molecule has 0 unspecified atom stereocenters. The van der Waals surface area contributed by atoms with E-state index in [2.05, 4.69) is 5.32 Å². The van der Waals surface area contributed by atoms with Gasteiger partial charge in [0.15, 0.2) is 0 Å². The molecule has 1 saturated carbocycles. The number of nitrogens with one attached hydrogen (secondary N) is 1. The van der Waals surface area contributed by atoms with Crippen LogP contribution in [0.25, 0.3) is 0 Å². The maximum atomic E-state index is 13.1. The molecule has 0 bridgehead atoms. The Morgan fingerprint density at radius 1 is 1.15 bits per heavy atom. The van der Waals surface area contributed by atoms with Gasteiger partial charge in [-0.25, -0.2) is 4.39 Å². The van der Waals surface area contributed by atoms with Gasteiger partial charge in [0.25, 0.3) is 5.91 Å². The lowest BCUT2D eigenvalue weighted by molar-refractivity contribution is -0.122. The molecule has 1 fully saturated rings. The van der Waals surface area contributed by atoms with Crippen LogP contribution in [0.15, 0.2) is 36.4 Å². The van der Waals surface area contributed by atoms with E-state index >= 15 is 0 Å². The van der Waals surface area contributed by atoms with Crippen LogP contribution in [-0.2, 0) is 11.3 Å². The Bertz CT molecular complexity index is 766. The third-order valence-electron chi connectivity index (χ3n) is 4.58. The summed E-state index contributed by atoms with van der Waals surface area (Å²) in [4.78, 5) is 28.5. The molecule has 0 radical (unpaired) electrons. The number of carbonyl (C=O) groups is 2. The van der Waals surface area contributed by atoms with E-state index in [-0.39, 0.29) is 36.8 Å². The molecule has 0 atom stereocenters. The topological polar surface area (TPSA) is 49.4 Å². The Labute approximate surface area is 157 Å². The van der Waals surface area contributed by atoms with E-state index in [0.29, 0.717) is 4.88 Å². The first-order chi connectivity index (χ1) is 12.5. The van der Waals surface area contributed by atoms with Gasteiger partial charge in [-0.1, -0.05) is 25.0 Å². The lowest BCUT2D eigenvalue weighted by atomic mass is 10.2. The van der Waals surface area contributed by atoms with Crippen molar-refractivity contribution in [2.75, 3.05) is 6.54 Å². The van der Waals surface area contributed by atoms with Crippen LogP contribution in [0.3, 0.4) is 0 Å². The highest BCUT2D eigenvalue weighted by Crippen LogP contribution is 2.20. The molecule has 1 aromatic carbocycles. The van der Waals surface area contributed by atoms with E-state index in [0.717, 1.165) is 36.1 Å². The molecule has 0 aliphatic heterocycles. The van der Waals surface area contributed by atoms with Gasteiger partial charge in [0, 0.05) is 17.5 Å². The minimum Gasteiger partial charge on any atom is -0.352 e. The summed E-state index contributed by atoms with van der Waals surface area (Å²) in [5.41, 5.74) is 0.793. The van der Waals surface area contributed by atoms with Gasteiger partial charge in [-0.15, -0.1) is 11.3 Å². The molecular weight excluding hydrogens is 351 g/mol. The summed E-state index contributed by atoms with van der Waals surface area (Å²) in [5, 5.41) is 3.03. The zero-order valence-corrected chi connectivity index (χ0v) is 15.7. The lowest BCUT2D eigenvalue weighted by Crippen LogP contribution is -2.43. The minimum absolute atomic E-state index is 0.00363. The van der Waals surface area contributed by atoms with Crippen LogP contribution in [0.4, 0.5) is 4.39 Å². The second-order valence-electron chi connectivity index (χ2n) is 6.75. The van der Waals surface area contributed by atoms with Crippen molar-refractivity contribution in [2.45, 2.75) is 45.2 Å². The highest BCUT2D eigenvalue weighted by Gasteiger charge is 2.23. The highest BCUT2D eigenvalue weighted by atomic mass is 32.1. The van der Waals surface area contributed by atoms with Gasteiger partial charge in [0.05, 0.1) is 4.88 Å². The Hall–Kier alpha value is -2.21. The van der Waals surface area contributed by atoms with Gasteiger partial charge in [-0.3, -0.25) is 9.59 Å². The number of hydrogen-bond acceptors (Lipinski definition) is 3. The van der Waals surface area contributed by atoms with Gasteiger partial charge >= 0.3 is 0 Å². The van der Waals surface area contributed by atoms with Crippen LogP contribution in [0.1, 0.15) is 45.8 Å². The number of rotatable bonds is 6. The normalized spacial score (nSPS) is 14.4. The van der Waals surface area contributed by atoms with Crippen molar-refractivity contribution in [2.24, 2.45) is 0 Å². The SMILES string of the molecule is Cc1ccc(C(=O)N(CC(=O)NC2CCCC2)Cc2ccc(F)cc2)s1. The first kappa shape index (κ1) is 18.6. The molecule has 0 saturated heterocycles. The number of nitrogens with zero attached hydrogens (tertiary/aromatic N) is 1. The standard InChI is InChI=1S/C20H23FN2O2S/c1-14-6-11-18(26-14)20(25)23(12-15-7-9-16(21)10-8-15)13-19(24)22-17-4-2-3-5-17/h6-11,17H,2-5,12-13H2,1H3,(H,22,24). The average Bonchev–Trinajstić information content (AvgIpc) is 3.27. The summed E-state index contributed by atoms with van der Waals surface area (Å²) >= 11 is 1.41. The Morgan fingerprint density at radius 2 is 1.85 bits per heavy atom. The zero-order chi connectivity index (χ0) is 18.5. The lowest BCUT2D eigenvalue weighted by Gasteiger charge is -2.23.